The van der Waals surface area contributed by atoms with Crippen molar-refractivity contribution in [3.63, 3.8) is 0 Å². The van der Waals surface area contributed by atoms with Crippen molar-refractivity contribution in [2.75, 3.05) is 13.2 Å². The minimum atomic E-state index is -1.56. The highest BCUT2D eigenvalue weighted by Crippen LogP contribution is 2.76. The normalized spacial score (nSPS) is 39.6. The quantitative estimate of drug-likeness (QED) is 0.0523. The van der Waals surface area contributed by atoms with E-state index in [0.29, 0.717) is 32.1 Å². The molecule has 18 nitrogen and oxygen atoms in total. The molecule has 6 rings (SSSR count). The Morgan fingerprint density at radius 3 is 1.67 bits per heavy atom. The van der Waals surface area contributed by atoms with Crippen LogP contribution in [0.3, 0.4) is 0 Å². The minimum Gasteiger partial charge on any atom is -0.465 e. The molecule has 1 saturated heterocycles. The van der Waals surface area contributed by atoms with Crippen LogP contribution >= 0.6 is 0 Å². The Hall–Kier alpha value is -5.10. The molecule has 0 aromatic heterocycles. The van der Waals surface area contributed by atoms with E-state index >= 15 is 0 Å². The van der Waals surface area contributed by atoms with Gasteiger partial charge in [0, 0.05) is 58.1 Å². The molecule has 1 heterocycles. The molecule has 6 aliphatic rings. The Bertz CT molecular complexity index is 2400. The van der Waals surface area contributed by atoms with Crippen molar-refractivity contribution < 1.29 is 85.7 Å². The summed E-state index contributed by atoms with van der Waals surface area (Å²) in [5.74, 6) is -5.60. The molecule has 0 unspecified atom stereocenters. The van der Waals surface area contributed by atoms with E-state index in [9.17, 15) is 38.4 Å². The Balaban J connectivity index is 1.52. The Labute approximate surface area is 448 Å². The van der Waals surface area contributed by atoms with Gasteiger partial charge in [0.05, 0.1) is 11.5 Å². The van der Waals surface area contributed by atoms with E-state index in [0.717, 1.165) is 18.9 Å². The molecule has 4 saturated carbocycles. The molecule has 0 N–H and O–H groups in total. The molecule has 0 aromatic carbocycles. The van der Waals surface area contributed by atoms with Gasteiger partial charge in [-0.25, -0.2) is 9.59 Å². The fraction of sp³-hybridized carbons (Fsp3) is 0.759. The summed E-state index contributed by atoms with van der Waals surface area (Å²) in [5.41, 5.74) is -3.11. The first-order chi connectivity index (χ1) is 35.3. The maximum Gasteiger partial charge on any atom is 0.333 e. The summed E-state index contributed by atoms with van der Waals surface area (Å²) < 4.78 is 62.6. The van der Waals surface area contributed by atoms with Crippen LogP contribution in [0.2, 0.25) is 0 Å². The summed E-state index contributed by atoms with van der Waals surface area (Å²) in [7, 11) is 0. The van der Waals surface area contributed by atoms with Crippen LogP contribution in [0.25, 0.3) is 0 Å². The lowest BCUT2D eigenvalue weighted by Gasteiger charge is -2.72. The number of ether oxygens (including phenoxy) is 10. The predicted molar refractivity (Wildman–Crippen MR) is 273 cm³/mol. The van der Waals surface area contributed by atoms with E-state index in [2.05, 4.69) is 33.8 Å². The van der Waals surface area contributed by atoms with E-state index < -0.39 is 136 Å². The first-order valence-corrected chi connectivity index (χ1v) is 26.9. The highest BCUT2D eigenvalue weighted by molar-refractivity contribution is 5.89. The monoisotopic (exact) mass is 1070 g/mol. The van der Waals surface area contributed by atoms with Gasteiger partial charge in [-0.05, 0) is 119 Å². The summed E-state index contributed by atoms with van der Waals surface area (Å²) in [6.07, 6.45) is -1.72. The molecular weight excluding hydrogens is 985 g/mol. The van der Waals surface area contributed by atoms with Gasteiger partial charge < -0.3 is 47.4 Å². The van der Waals surface area contributed by atoms with Crippen LogP contribution in [0.1, 0.15) is 163 Å². The molecule has 424 valence electrons. The first-order valence-electron chi connectivity index (χ1n) is 26.9. The number of fused-ring (bicyclic) bond motifs is 7. The van der Waals surface area contributed by atoms with Crippen molar-refractivity contribution in [2.24, 2.45) is 50.2 Å². The molecule has 0 amide bonds. The molecule has 1 aliphatic heterocycles. The lowest BCUT2D eigenvalue weighted by molar-refractivity contribution is -0.343. The molecule has 0 bridgehead atoms. The van der Waals surface area contributed by atoms with Crippen molar-refractivity contribution in [3.8, 4) is 0 Å². The Kier molecular flexibility index (Phi) is 17.7. The largest absolute Gasteiger partial charge is 0.465 e. The van der Waals surface area contributed by atoms with E-state index in [1.54, 1.807) is 46.8 Å². The third kappa shape index (κ3) is 10.9. The number of carbonyl (C=O) groups is 8. The SMILES string of the molecule is C/C=C(/C)C(=O)O[C@@H]1[C@@H](OC(C)=O)[C@H](O[C@H]2[C@H](OC(C)=O)[C@]3(COC(C)=O)[C@H](OC(C)=O)C[C@]4(C)C(=CC[C@@H]5[C@@]6(C)CC[C@H](OC(C)=O)[C@](C)(COC(C)=O)[C@@H]6CC[C@]54C)[C@@H]3CC2(C)C)O[C@H](C)[C@H]1OC(=O)/C(C)=C\C. The molecule has 5 fully saturated rings. The second kappa shape index (κ2) is 22.3. The number of hydrogen-bond acceptors (Lipinski definition) is 18. The van der Waals surface area contributed by atoms with E-state index in [1.165, 1.54) is 34.6 Å². The molecule has 5 aliphatic carbocycles. The van der Waals surface area contributed by atoms with Gasteiger partial charge in [-0.15, -0.1) is 0 Å². The van der Waals surface area contributed by atoms with Crippen molar-refractivity contribution in [2.45, 2.75) is 218 Å². The lowest BCUT2D eigenvalue weighted by atomic mass is 9.33. The number of esters is 8. The average molecular weight is 1070 g/mol. The molecular formula is C58H84O18. The van der Waals surface area contributed by atoms with Gasteiger partial charge in [-0.1, -0.05) is 65.3 Å². The second-order valence-electron chi connectivity index (χ2n) is 24.2. The van der Waals surface area contributed by atoms with Gasteiger partial charge in [0.15, 0.2) is 24.6 Å². The molecule has 76 heavy (non-hydrogen) atoms. The van der Waals surface area contributed by atoms with E-state index in [-0.39, 0.29) is 48.0 Å². The van der Waals surface area contributed by atoms with Crippen LogP contribution < -0.4 is 0 Å². The number of allylic oxidation sites excluding steroid dienone is 4. The summed E-state index contributed by atoms with van der Waals surface area (Å²) in [5, 5.41) is 0. The highest BCUT2D eigenvalue weighted by Gasteiger charge is 2.75. The second-order valence-corrected chi connectivity index (χ2v) is 24.2. The molecule has 18 heteroatoms. The molecule has 17 atom stereocenters. The molecule has 0 radical (unpaired) electrons. The van der Waals surface area contributed by atoms with E-state index in [1.807, 2.05) is 13.8 Å². The summed E-state index contributed by atoms with van der Waals surface area (Å²) in [6.45, 7) is 28.4. The average Bonchev–Trinajstić information content (AvgIpc) is 3.31. The van der Waals surface area contributed by atoms with Crippen LogP contribution in [0.4, 0.5) is 0 Å². The molecule has 0 aromatic rings. The number of hydrogen-bond donors (Lipinski definition) is 0. The van der Waals surface area contributed by atoms with Crippen molar-refractivity contribution in [1.82, 2.24) is 0 Å². The van der Waals surface area contributed by atoms with Gasteiger partial charge in [0.1, 0.15) is 37.6 Å². The summed E-state index contributed by atoms with van der Waals surface area (Å²) >= 11 is 0. The minimum absolute atomic E-state index is 0.0136. The van der Waals surface area contributed by atoms with Gasteiger partial charge in [-0.3, -0.25) is 28.8 Å². The van der Waals surface area contributed by atoms with Crippen LogP contribution in [0, 0.1) is 50.2 Å². The smallest absolute Gasteiger partial charge is 0.333 e. The predicted octanol–water partition coefficient (Wildman–Crippen LogP) is 8.34. The van der Waals surface area contributed by atoms with Crippen LogP contribution in [0.5, 0.6) is 0 Å². The van der Waals surface area contributed by atoms with Crippen LogP contribution in [0.15, 0.2) is 34.9 Å². The standard InChI is InChI=1S/C58H84O18/c1-18-30(3)50(65)74-45-32(5)69-52(47(72-37(10)63)46(45)75-51(66)31(4)19-2)76-48-49(73-38(11)64)58(29-68-34(7)60)40(26-53(48,12)13)39-20-21-42-54(14)24-23-43(70-35(8)61)55(15,28-67-33(6)59)41(54)22-25-56(42,16)57(39,17)27-44(58)71-36(9)62/h18-20,32,40-49,52H,21-29H2,1-17H3/b30-18-,31-19-/t32-,40+,41-,42-,43+,44-,45-,46+,47-,48+,49+,52+,54+,55-,56-,57-,58+/m1/s1. The third-order valence-electron chi connectivity index (χ3n) is 19.1. The Morgan fingerprint density at radius 1 is 0.592 bits per heavy atom. The fourth-order valence-electron chi connectivity index (χ4n) is 15.1. The van der Waals surface area contributed by atoms with Crippen molar-refractivity contribution in [1.29, 1.82) is 0 Å². The van der Waals surface area contributed by atoms with Crippen LogP contribution in [-0.4, -0.2) is 116 Å². The zero-order valence-corrected chi connectivity index (χ0v) is 47.9. The van der Waals surface area contributed by atoms with Gasteiger partial charge in [0.25, 0.3) is 0 Å². The zero-order chi connectivity index (χ0) is 56.8. The summed E-state index contributed by atoms with van der Waals surface area (Å²) in [4.78, 5) is 106. The first kappa shape index (κ1) is 60.1. The van der Waals surface area contributed by atoms with E-state index in [4.69, 9.17) is 47.4 Å². The topological polar surface area (TPSA) is 229 Å². The third-order valence-corrected chi connectivity index (χ3v) is 19.1. The van der Waals surface area contributed by atoms with Gasteiger partial charge >= 0.3 is 47.8 Å². The van der Waals surface area contributed by atoms with Gasteiger partial charge in [-0.2, -0.15) is 0 Å². The highest BCUT2D eigenvalue weighted by atomic mass is 16.7. The number of rotatable bonds is 14. The maximum atomic E-state index is 13.8. The Morgan fingerprint density at radius 2 is 1.13 bits per heavy atom. The zero-order valence-electron chi connectivity index (χ0n) is 47.9. The molecule has 0 spiro atoms. The maximum absolute atomic E-state index is 13.8. The lowest BCUT2D eigenvalue weighted by Crippen LogP contribution is -2.74. The fourth-order valence-corrected chi connectivity index (χ4v) is 15.1. The summed E-state index contributed by atoms with van der Waals surface area (Å²) in [6, 6.07) is 0. The van der Waals surface area contributed by atoms with Gasteiger partial charge in [0.2, 0.25) is 0 Å². The van der Waals surface area contributed by atoms with Crippen molar-refractivity contribution in [3.05, 3.63) is 34.9 Å². The number of carbonyl (C=O) groups excluding carboxylic acids is 8. The van der Waals surface area contributed by atoms with Crippen molar-refractivity contribution >= 4 is 47.8 Å². The van der Waals surface area contributed by atoms with Crippen LogP contribution in [-0.2, 0) is 85.7 Å².